The molecule has 37 heavy (non-hydrogen) atoms. The molecule has 2 aromatic carbocycles. The number of phenolic OH excluding ortho intramolecular Hbond substituents is 1. The monoisotopic (exact) mass is 517 g/mol. The predicted octanol–water partition coefficient (Wildman–Crippen LogP) is 4.55. The lowest BCUT2D eigenvalue weighted by Crippen LogP contribution is -2.37. The second-order valence-corrected chi connectivity index (χ2v) is 9.57. The third-order valence-electron chi connectivity index (χ3n) is 5.45. The van der Waals surface area contributed by atoms with Gasteiger partial charge in [-0.25, -0.2) is 9.59 Å². The average Bonchev–Trinajstić information content (AvgIpc) is 2.83. The third kappa shape index (κ3) is 8.30. The molecular weight excluding hydrogens is 482 g/mol. The van der Waals surface area contributed by atoms with Crippen LogP contribution in [0.2, 0.25) is 0 Å². The van der Waals surface area contributed by atoms with Crippen LogP contribution in [-0.4, -0.2) is 73.5 Å². The number of Topliss-reactive ketones (excluding diaryl/α,β-unsaturated/α-hetero) is 1. The van der Waals surface area contributed by atoms with E-state index < -0.39 is 12.1 Å². The summed E-state index contributed by atoms with van der Waals surface area (Å²) in [6.07, 6.45) is -0.302. The first-order valence-corrected chi connectivity index (χ1v) is 11.7. The molecule has 0 fully saturated rings. The van der Waals surface area contributed by atoms with Gasteiger partial charge in [-0.15, -0.1) is 0 Å². The highest BCUT2D eigenvalue weighted by atomic mass is 16.5. The summed E-state index contributed by atoms with van der Waals surface area (Å²) >= 11 is 0. The van der Waals surface area contributed by atoms with E-state index in [4.69, 9.17) is 18.9 Å². The molecule has 0 radical (unpaired) electrons. The number of nitrogens with zero attached hydrogens (tertiary/aromatic N) is 1. The lowest BCUT2D eigenvalue weighted by atomic mass is 9.87. The zero-order valence-electron chi connectivity index (χ0n) is 22.1. The highest BCUT2D eigenvalue weighted by Crippen LogP contribution is 2.33. The molecule has 0 aliphatic rings. The third-order valence-corrected chi connectivity index (χ3v) is 5.45. The molecular formula is C27H35NO9. The standard InChI is InChI=1S/C27H35NO9/c1-17-21(10-8-19(24(17)30)20(29)16-27(2,3)4)36-13-11-28(26(33)35-6)12-14-37-23-15-18(25(31)32)7-9-22(23)34-5/h7-10,15,30H,11-14,16H2,1-6H3,(H,31,32). The SMILES string of the molecule is COC(=O)N(CCOc1cc(C(=O)O)ccc1OC)CCOc1ccc(C(=O)CC(C)(C)C)c(O)c1C. The van der Waals surface area contributed by atoms with Crippen molar-refractivity contribution in [2.24, 2.45) is 5.41 Å². The van der Waals surface area contributed by atoms with Crippen LogP contribution in [-0.2, 0) is 4.74 Å². The topological polar surface area (TPSA) is 132 Å². The summed E-state index contributed by atoms with van der Waals surface area (Å²) in [5.74, 6) is -0.396. The smallest absolute Gasteiger partial charge is 0.409 e. The van der Waals surface area contributed by atoms with Crippen molar-refractivity contribution in [3.8, 4) is 23.0 Å². The van der Waals surface area contributed by atoms with Gasteiger partial charge in [0.15, 0.2) is 17.3 Å². The summed E-state index contributed by atoms with van der Waals surface area (Å²) in [6.45, 7) is 7.91. The number of rotatable bonds is 12. The van der Waals surface area contributed by atoms with Gasteiger partial charge in [0, 0.05) is 12.0 Å². The van der Waals surface area contributed by atoms with Crippen molar-refractivity contribution in [1.29, 1.82) is 0 Å². The van der Waals surface area contributed by atoms with E-state index in [1.807, 2.05) is 20.8 Å². The van der Waals surface area contributed by atoms with Crippen molar-refractivity contribution >= 4 is 17.8 Å². The number of amides is 1. The molecule has 0 aliphatic heterocycles. The summed E-state index contributed by atoms with van der Waals surface area (Å²) in [5.41, 5.74) is 0.505. The van der Waals surface area contributed by atoms with E-state index in [0.717, 1.165) is 0 Å². The van der Waals surface area contributed by atoms with E-state index in [0.29, 0.717) is 23.5 Å². The molecule has 0 heterocycles. The first kappa shape index (κ1) is 29.3. The van der Waals surface area contributed by atoms with Gasteiger partial charge in [0.05, 0.1) is 38.4 Å². The van der Waals surface area contributed by atoms with Crippen LogP contribution in [0.25, 0.3) is 0 Å². The summed E-state index contributed by atoms with van der Waals surface area (Å²) < 4.78 is 21.5. The average molecular weight is 518 g/mol. The Morgan fingerprint density at radius 3 is 2.05 bits per heavy atom. The molecule has 0 spiro atoms. The maximum absolute atomic E-state index is 12.5. The number of aromatic carboxylic acids is 1. The van der Waals surface area contributed by atoms with Crippen LogP contribution >= 0.6 is 0 Å². The maximum Gasteiger partial charge on any atom is 0.409 e. The number of ketones is 1. The molecule has 2 rings (SSSR count). The van der Waals surface area contributed by atoms with Gasteiger partial charge in [-0.2, -0.15) is 0 Å². The van der Waals surface area contributed by atoms with Gasteiger partial charge in [-0.05, 0) is 42.7 Å². The molecule has 2 N–H and O–H groups in total. The van der Waals surface area contributed by atoms with Crippen LogP contribution in [0.3, 0.4) is 0 Å². The van der Waals surface area contributed by atoms with E-state index in [-0.39, 0.29) is 60.1 Å². The van der Waals surface area contributed by atoms with Gasteiger partial charge in [0.25, 0.3) is 0 Å². The van der Waals surface area contributed by atoms with Crippen molar-refractivity contribution in [1.82, 2.24) is 4.90 Å². The molecule has 0 bridgehead atoms. The Kier molecular flexibility index (Phi) is 10.2. The summed E-state index contributed by atoms with van der Waals surface area (Å²) in [5, 5.41) is 19.7. The Balaban J connectivity index is 2.01. The number of benzene rings is 2. The van der Waals surface area contributed by atoms with E-state index in [1.54, 1.807) is 13.0 Å². The van der Waals surface area contributed by atoms with Gasteiger partial charge in [-0.1, -0.05) is 20.8 Å². The number of carbonyl (C=O) groups is 3. The molecule has 10 nitrogen and oxygen atoms in total. The Bertz CT molecular complexity index is 1120. The normalized spacial score (nSPS) is 11.0. The number of carbonyl (C=O) groups excluding carboxylic acids is 2. The van der Waals surface area contributed by atoms with Crippen molar-refractivity contribution in [2.75, 3.05) is 40.5 Å². The molecule has 0 saturated carbocycles. The van der Waals surface area contributed by atoms with E-state index in [1.165, 1.54) is 43.4 Å². The van der Waals surface area contributed by atoms with Crippen molar-refractivity contribution < 1.29 is 43.5 Å². The predicted molar refractivity (Wildman–Crippen MR) is 136 cm³/mol. The zero-order chi connectivity index (χ0) is 27.8. The van der Waals surface area contributed by atoms with Gasteiger partial charge in [-0.3, -0.25) is 4.79 Å². The van der Waals surface area contributed by atoms with Crippen LogP contribution in [0.5, 0.6) is 23.0 Å². The molecule has 202 valence electrons. The molecule has 0 unspecified atom stereocenters. The molecule has 0 aromatic heterocycles. The van der Waals surface area contributed by atoms with Crippen molar-refractivity contribution in [3.05, 3.63) is 47.0 Å². The Morgan fingerprint density at radius 2 is 1.51 bits per heavy atom. The Labute approximate surface area is 216 Å². The largest absolute Gasteiger partial charge is 0.507 e. The van der Waals surface area contributed by atoms with Crippen LogP contribution in [0, 0.1) is 12.3 Å². The molecule has 1 amide bonds. The van der Waals surface area contributed by atoms with Crippen molar-refractivity contribution in [3.63, 3.8) is 0 Å². The lowest BCUT2D eigenvalue weighted by Gasteiger charge is -2.22. The highest BCUT2D eigenvalue weighted by Gasteiger charge is 2.22. The number of hydrogen-bond acceptors (Lipinski definition) is 8. The second-order valence-electron chi connectivity index (χ2n) is 9.57. The van der Waals surface area contributed by atoms with E-state index >= 15 is 0 Å². The van der Waals surface area contributed by atoms with Crippen LogP contribution < -0.4 is 14.2 Å². The highest BCUT2D eigenvalue weighted by molar-refractivity contribution is 5.99. The molecule has 0 saturated heterocycles. The zero-order valence-corrected chi connectivity index (χ0v) is 22.1. The first-order chi connectivity index (χ1) is 17.4. The summed E-state index contributed by atoms with van der Waals surface area (Å²) in [7, 11) is 2.69. The minimum absolute atomic E-state index is 0.0405. The van der Waals surface area contributed by atoms with Gasteiger partial charge in [0.2, 0.25) is 0 Å². The van der Waals surface area contributed by atoms with Gasteiger partial charge < -0.3 is 34.1 Å². The Hall–Kier alpha value is -3.95. The number of ether oxygens (including phenoxy) is 4. The Morgan fingerprint density at radius 1 is 0.919 bits per heavy atom. The fourth-order valence-corrected chi connectivity index (χ4v) is 3.52. The fraction of sp³-hybridized carbons (Fsp3) is 0.444. The maximum atomic E-state index is 12.5. The van der Waals surface area contributed by atoms with Crippen molar-refractivity contribution in [2.45, 2.75) is 34.1 Å². The lowest BCUT2D eigenvalue weighted by molar-refractivity contribution is 0.0695. The van der Waals surface area contributed by atoms with Gasteiger partial charge >= 0.3 is 12.1 Å². The van der Waals surface area contributed by atoms with Crippen LogP contribution in [0.1, 0.15) is 53.5 Å². The number of phenols is 1. The van der Waals surface area contributed by atoms with Crippen LogP contribution in [0.4, 0.5) is 4.79 Å². The fourth-order valence-electron chi connectivity index (χ4n) is 3.52. The van der Waals surface area contributed by atoms with Gasteiger partial charge in [0.1, 0.15) is 24.7 Å². The minimum Gasteiger partial charge on any atom is -0.507 e. The molecule has 10 heteroatoms. The summed E-state index contributed by atoms with van der Waals surface area (Å²) in [6, 6.07) is 7.40. The summed E-state index contributed by atoms with van der Waals surface area (Å²) in [4.78, 5) is 37.4. The van der Waals surface area contributed by atoms with E-state index in [2.05, 4.69) is 0 Å². The molecule has 0 aliphatic carbocycles. The molecule has 2 aromatic rings. The first-order valence-electron chi connectivity index (χ1n) is 11.7. The van der Waals surface area contributed by atoms with E-state index in [9.17, 15) is 24.6 Å². The number of carboxylic acids is 1. The number of hydrogen-bond donors (Lipinski definition) is 2. The molecule has 0 atom stereocenters. The minimum atomic E-state index is -1.10. The quantitative estimate of drug-likeness (QED) is 0.389. The number of aromatic hydroxyl groups is 1. The number of methoxy groups -OCH3 is 2. The number of carboxylic acid groups (broad SMARTS) is 1. The second kappa shape index (κ2) is 12.8. The van der Waals surface area contributed by atoms with Crippen LogP contribution in [0.15, 0.2) is 30.3 Å².